The lowest BCUT2D eigenvalue weighted by atomic mass is 10.0. The maximum Gasteiger partial charge on any atom is 0.123 e. The van der Waals surface area contributed by atoms with E-state index in [1.54, 1.807) is 16.9 Å². The summed E-state index contributed by atoms with van der Waals surface area (Å²) in [6.07, 6.45) is 0.957. The lowest BCUT2D eigenvalue weighted by Crippen LogP contribution is -2.13. The average molecular weight is 231 g/mol. The highest BCUT2D eigenvalue weighted by Crippen LogP contribution is 2.27. The molecule has 1 atom stereocenters. The molecule has 0 aliphatic heterocycles. The second-order valence-electron chi connectivity index (χ2n) is 4.33. The van der Waals surface area contributed by atoms with E-state index in [0.717, 1.165) is 11.3 Å². The molecule has 0 aliphatic carbocycles. The largest absolute Gasteiger partial charge is 0.398 e. The molecule has 3 N–H and O–H groups in total. The van der Waals surface area contributed by atoms with Gasteiger partial charge in [-0.25, -0.2) is 0 Å². The Morgan fingerprint density at radius 1 is 1.24 bits per heavy atom. The van der Waals surface area contributed by atoms with Crippen LogP contribution in [0.4, 0.5) is 5.69 Å². The molecule has 0 saturated heterocycles. The second-order valence-corrected chi connectivity index (χ2v) is 4.33. The Kier molecular flexibility index (Phi) is 3.15. The molecule has 90 valence electrons. The van der Waals surface area contributed by atoms with Gasteiger partial charge in [0.1, 0.15) is 6.10 Å². The van der Waals surface area contributed by atoms with Gasteiger partial charge >= 0.3 is 0 Å². The first-order valence-electron chi connectivity index (χ1n) is 5.67. The predicted octanol–water partition coefficient (Wildman–Crippen LogP) is 2.13. The molecule has 0 aliphatic rings. The highest BCUT2D eigenvalue weighted by molar-refractivity contribution is 5.49. The van der Waals surface area contributed by atoms with Crippen molar-refractivity contribution in [3.8, 4) is 0 Å². The number of aliphatic hydroxyl groups is 1. The molecule has 0 amide bonds. The Bertz CT molecular complexity index is 505. The third kappa shape index (κ3) is 2.17. The van der Waals surface area contributed by atoms with Crippen LogP contribution in [0.2, 0.25) is 0 Å². The van der Waals surface area contributed by atoms with Gasteiger partial charge in [0.25, 0.3) is 0 Å². The molecule has 0 spiro atoms. The zero-order valence-corrected chi connectivity index (χ0v) is 10.0. The zero-order valence-electron chi connectivity index (χ0n) is 10.0. The maximum absolute atomic E-state index is 10.4. The second kappa shape index (κ2) is 4.59. The fraction of sp³-hybridized carbons (Fsp3) is 0.308. The molecule has 17 heavy (non-hydrogen) atoms. The van der Waals surface area contributed by atoms with Gasteiger partial charge < -0.3 is 10.8 Å². The van der Waals surface area contributed by atoms with Gasteiger partial charge in [0.05, 0.1) is 5.69 Å². The van der Waals surface area contributed by atoms with E-state index in [-0.39, 0.29) is 6.04 Å². The van der Waals surface area contributed by atoms with Crippen LogP contribution in [0, 0.1) is 0 Å². The standard InChI is InChI=1S/C13H17N3O/c1-9(2)16-12(7-8-15-16)13(17)10-5-3-4-6-11(10)14/h3-9,13,17H,14H2,1-2H3. The monoisotopic (exact) mass is 231 g/mol. The minimum absolute atomic E-state index is 0.208. The Morgan fingerprint density at radius 2 is 1.94 bits per heavy atom. The summed E-state index contributed by atoms with van der Waals surface area (Å²) in [5.74, 6) is 0. The van der Waals surface area contributed by atoms with Gasteiger partial charge in [0.2, 0.25) is 0 Å². The molecular formula is C13H17N3O. The van der Waals surface area contributed by atoms with Crippen LogP contribution in [-0.2, 0) is 0 Å². The smallest absolute Gasteiger partial charge is 0.123 e. The molecular weight excluding hydrogens is 214 g/mol. The third-order valence-corrected chi connectivity index (χ3v) is 2.76. The molecule has 0 saturated carbocycles. The van der Waals surface area contributed by atoms with E-state index < -0.39 is 6.10 Å². The zero-order chi connectivity index (χ0) is 12.4. The van der Waals surface area contributed by atoms with E-state index in [0.29, 0.717) is 5.69 Å². The molecule has 2 aromatic rings. The van der Waals surface area contributed by atoms with Crippen molar-refractivity contribution in [1.82, 2.24) is 9.78 Å². The van der Waals surface area contributed by atoms with Crippen LogP contribution in [0.1, 0.15) is 37.3 Å². The number of benzene rings is 1. The molecule has 1 heterocycles. The minimum Gasteiger partial charge on any atom is -0.398 e. The van der Waals surface area contributed by atoms with Gasteiger partial charge in [-0.3, -0.25) is 4.68 Å². The van der Waals surface area contributed by atoms with Gasteiger partial charge in [-0.05, 0) is 26.0 Å². The SMILES string of the molecule is CC(C)n1nccc1C(O)c1ccccc1N. The van der Waals surface area contributed by atoms with E-state index in [1.807, 2.05) is 38.1 Å². The van der Waals surface area contributed by atoms with E-state index in [1.165, 1.54) is 0 Å². The molecule has 1 unspecified atom stereocenters. The Morgan fingerprint density at radius 3 is 2.59 bits per heavy atom. The summed E-state index contributed by atoms with van der Waals surface area (Å²) >= 11 is 0. The molecule has 4 heteroatoms. The Labute approximate surface area is 101 Å². The number of para-hydroxylation sites is 1. The molecule has 2 rings (SSSR count). The van der Waals surface area contributed by atoms with Crippen molar-refractivity contribution in [1.29, 1.82) is 0 Å². The minimum atomic E-state index is -0.735. The lowest BCUT2D eigenvalue weighted by molar-refractivity contribution is 0.206. The fourth-order valence-electron chi connectivity index (χ4n) is 1.89. The summed E-state index contributed by atoms with van der Waals surface area (Å²) in [6, 6.07) is 9.36. The van der Waals surface area contributed by atoms with Crippen molar-refractivity contribution < 1.29 is 5.11 Å². The van der Waals surface area contributed by atoms with Crippen molar-refractivity contribution in [3.63, 3.8) is 0 Å². The summed E-state index contributed by atoms with van der Waals surface area (Å²) in [5.41, 5.74) is 7.94. The van der Waals surface area contributed by atoms with Gasteiger partial charge in [-0.1, -0.05) is 18.2 Å². The van der Waals surface area contributed by atoms with Crippen LogP contribution in [0.15, 0.2) is 36.5 Å². The van der Waals surface area contributed by atoms with Gasteiger partial charge in [0.15, 0.2) is 0 Å². The van der Waals surface area contributed by atoms with Crippen LogP contribution in [-0.4, -0.2) is 14.9 Å². The quantitative estimate of drug-likeness (QED) is 0.795. The molecule has 1 aromatic heterocycles. The van der Waals surface area contributed by atoms with Crippen LogP contribution < -0.4 is 5.73 Å². The number of rotatable bonds is 3. The van der Waals surface area contributed by atoms with Crippen LogP contribution in [0.3, 0.4) is 0 Å². The molecule has 1 aromatic carbocycles. The summed E-state index contributed by atoms with van der Waals surface area (Å²) in [7, 11) is 0. The fourth-order valence-corrected chi connectivity index (χ4v) is 1.89. The number of nitrogens with two attached hydrogens (primary N) is 1. The Hall–Kier alpha value is -1.81. The number of nitrogen functional groups attached to an aromatic ring is 1. The first-order valence-corrected chi connectivity index (χ1v) is 5.67. The van der Waals surface area contributed by atoms with Crippen LogP contribution in [0.5, 0.6) is 0 Å². The number of nitrogens with zero attached hydrogens (tertiary/aromatic N) is 2. The summed E-state index contributed by atoms with van der Waals surface area (Å²) in [5, 5.41) is 14.6. The van der Waals surface area contributed by atoms with E-state index in [4.69, 9.17) is 5.73 Å². The lowest BCUT2D eigenvalue weighted by Gasteiger charge is -2.17. The van der Waals surface area contributed by atoms with Gasteiger partial charge in [-0.2, -0.15) is 5.10 Å². The van der Waals surface area contributed by atoms with Crippen molar-refractivity contribution in [2.75, 3.05) is 5.73 Å². The average Bonchev–Trinajstić information content (AvgIpc) is 2.77. The van der Waals surface area contributed by atoms with E-state index in [9.17, 15) is 5.11 Å². The van der Waals surface area contributed by atoms with Crippen molar-refractivity contribution >= 4 is 5.69 Å². The number of aromatic nitrogens is 2. The van der Waals surface area contributed by atoms with Crippen LogP contribution in [0.25, 0.3) is 0 Å². The number of hydrogen-bond acceptors (Lipinski definition) is 3. The number of aliphatic hydroxyl groups excluding tert-OH is 1. The Balaban J connectivity index is 2.41. The van der Waals surface area contributed by atoms with Gasteiger partial charge in [-0.15, -0.1) is 0 Å². The summed E-state index contributed by atoms with van der Waals surface area (Å²) < 4.78 is 1.80. The maximum atomic E-state index is 10.4. The molecule has 0 bridgehead atoms. The van der Waals surface area contributed by atoms with E-state index >= 15 is 0 Å². The van der Waals surface area contributed by atoms with E-state index in [2.05, 4.69) is 5.10 Å². The number of anilines is 1. The van der Waals surface area contributed by atoms with Crippen molar-refractivity contribution in [2.24, 2.45) is 0 Å². The molecule has 4 nitrogen and oxygen atoms in total. The van der Waals surface area contributed by atoms with Crippen LogP contribution >= 0.6 is 0 Å². The molecule has 0 fully saturated rings. The van der Waals surface area contributed by atoms with Crippen molar-refractivity contribution in [3.05, 3.63) is 47.8 Å². The van der Waals surface area contributed by atoms with Gasteiger partial charge in [0, 0.05) is 23.5 Å². The summed E-state index contributed by atoms with van der Waals surface area (Å²) in [4.78, 5) is 0. The topological polar surface area (TPSA) is 64.1 Å². The number of hydrogen-bond donors (Lipinski definition) is 2. The first kappa shape index (κ1) is 11.7. The normalized spacial score (nSPS) is 12.9. The molecule has 0 radical (unpaired) electrons. The predicted molar refractivity (Wildman–Crippen MR) is 67.5 cm³/mol. The first-order chi connectivity index (χ1) is 8.11. The highest BCUT2D eigenvalue weighted by Gasteiger charge is 2.18. The highest BCUT2D eigenvalue weighted by atomic mass is 16.3. The summed E-state index contributed by atoms with van der Waals surface area (Å²) in [6.45, 7) is 4.05. The van der Waals surface area contributed by atoms with Crippen molar-refractivity contribution in [2.45, 2.75) is 26.0 Å². The third-order valence-electron chi connectivity index (χ3n) is 2.76.